The van der Waals surface area contributed by atoms with Crippen LogP contribution in [-0.4, -0.2) is 22.3 Å². The Kier molecular flexibility index (Phi) is 4.85. The molecular formula is C15H16F3N3O. The Balaban J connectivity index is 2.01. The number of carbonyl (C=O) groups excluding carboxylic acids is 1. The van der Waals surface area contributed by atoms with Crippen molar-refractivity contribution < 1.29 is 18.0 Å². The van der Waals surface area contributed by atoms with E-state index in [4.69, 9.17) is 0 Å². The zero-order valence-electron chi connectivity index (χ0n) is 11.9. The number of nitrogens with zero attached hydrogens (tertiary/aromatic N) is 1. The summed E-state index contributed by atoms with van der Waals surface area (Å²) in [5.74, 6) is -2.45. The molecule has 0 bridgehead atoms. The van der Waals surface area contributed by atoms with Crippen LogP contribution in [0.4, 0.5) is 13.2 Å². The summed E-state index contributed by atoms with van der Waals surface area (Å²) >= 11 is 0. The van der Waals surface area contributed by atoms with Crippen LogP contribution in [0.1, 0.15) is 29.2 Å². The summed E-state index contributed by atoms with van der Waals surface area (Å²) in [5.41, 5.74) is 1.61. The fraction of sp³-hybridized carbons (Fsp3) is 0.333. The predicted octanol–water partition coefficient (Wildman–Crippen LogP) is 3.07. The molecule has 0 unspecified atom stereocenters. The molecule has 2 rings (SSSR count). The molecule has 2 aromatic rings. The normalized spacial score (nSPS) is 12.9. The number of H-pyrrole nitrogens is 1. The van der Waals surface area contributed by atoms with E-state index in [1.165, 1.54) is 30.5 Å². The summed E-state index contributed by atoms with van der Waals surface area (Å²) in [6.45, 7) is 1.93. The molecule has 1 aromatic carbocycles. The van der Waals surface area contributed by atoms with E-state index in [2.05, 4.69) is 15.5 Å². The van der Waals surface area contributed by atoms with Crippen LogP contribution >= 0.6 is 0 Å². The number of benzene rings is 1. The highest BCUT2D eigenvalue weighted by molar-refractivity contribution is 5.77. The molecule has 0 aliphatic carbocycles. The lowest BCUT2D eigenvalue weighted by molar-refractivity contribution is -0.157. The van der Waals surface area contributed by atoms with Gasteiger partial charge in [0.2, 0.25) is 5.91 Å². The molecule has 1 heterocycles. The van der Waals surface area contributed by atoms with Gasteiger partial charge in [-0.05, 0) is 12.5 Å². The average molecular weight is 311 g/mol. The van der Waals surface area contributed by atoms with E-state index in [9.17, 15) is 18.0 Å². The number of halogens is 3. The molecule has 1 amide bonds. The first-order valence-electron chi connectivity index (χ1n) is 6.75. The van der Waals surface area contributed by atoms with Gasteiger partial charge < -0.3 is 5.32 Å². The van der Waals surface area contributed by atoms with Gasteiger partial charge in [-0.3, -0.25) is 9.89 Å². The predicted molar refractivity (Wildman–Crippen MR) is 75.0 cm³/mol. The monoisotopic (exact) mass is 311 g/mol. The Hall–Kier alpha value is -2.31. The third-order valence-electron chi connectivity index (χ3n) is 3.40. The van der Waals surface area contributed by atoms with Crippen molar-refractivity contribution in [2.24, 2.45) is 0 Å². The van der Waals surface area contributed by atoms with Gasteiger partial charge in [-0.1, -0.05) is 30.3 Å². The van der Waals surface area contributed by atoms with Crippen molar-refractivity contribution >= 4 is 5.91 Å². The van der Waals surface area contributed by atoms with E-state index < -0.39 is 24.4 Å². The van der Waals surface area contributed by atoms with Gasteiger partial charge in [0.1, 0.15) is 0 Å². The van der Waals surface area contributed by atoms with Crippen LogP contribution in [0.5, 0.6) is 0 Å². The minimum absolute atomic E-state index is 0.0876. The quantitative estimate of drug-likeness (QED) is 0.891. The largest absolute Gasteiger partial charge is 0.396 e. The Bertz CT molecular complexity index is 622. The fourth-order valence-electron chi connectivity index (χ4n) is 2.11. The summed E-state index contributed by atoms with van der Waals surface area (Å²) < 4.78 is 39.4. The lowest BCUT2D eigenvalue weighted by Crippen LogP contribution is -2.30. The van der Waals surface area contributed by atoms with Crippen molar-refractivity contribution in [2.45, 2.75) is 32.0 Å². The van der Waals surface area contributed by atoms with Crippen molar-refractivity contribution in [1.82, 2.24) is 15.5 Å². The maximum Gasteiger partial charge on any atom is 0.396 e. The summed E-state index contributed by atoms with van der Waals surface area (Å²) in [6, 6.07) is 7.46. The molecule has 0 aliphatic heterocycles. The van der Waals surface area contributed by atoms with E-state index in [-0.39, 0.29) is 12.1 Å². The number of carbonyl (C=O) groups is 1. The number of rotatable bonds is 5. The molecule has 118 valence electrons. The van der Waals surface area contributed by atoms with Crippen LogP contribution < -0.4 is 5.32 Å². The highest BCUT2D eigenvalue weighted by atomic mass is 19.4. The van der Waals surface area contributed by atoms with E-state index in [0.717, 1.165) is 11.3 Å². The number of aromatic amines is 1. The first kappa shape index (κ1) is 16.1. The lowest BCUT2D eigenvalue weighted by Gasteiger charge is -2.20. The Morgan fingerprint density at radius 1 is 1.32 bits per heavy atom. The van der Waals surface area contributed by atoms with Crippen molar-refractivity contribution in [3.8, 4) is 0 Å². The Morgan fingerprint density at radius 2 is 2.00 bits per heavy atom. The second-order valence-corrected chi connectivity index (χ2v) is 5.01. The summed E-state index contributed by atoms with van der Waals surface area (Å²) in [6.07, 6.45) is -3.57. The molecule has 1 aromatic heterocycles. The van der Waals surface area contributed by atoms with Gasteiger partial charge in [0.25, 0.3) is 0 Å². The van der Waals surface area contributed by atoms with Crippen molar-refractivity contribution in [1.29, 1.82) is 0 Å². The van der Waals surface area contributed by atoms with Gasteiger partial charge in [0, 0.05) is 24.2 Å². The van der Waals surface area contributed by atoms with Gasteiger partial charge >= 0.3 is 6.18 Å². The van der Waals surface area contributed by atoms with Crippen LogP contribution in [-0.2, 0) is 11.3 Å². The Labute approximate surface area is 125 Å². The number of alkyl halides is 3. The standard InChI is InChI=1S/C15H16F3N3O/c1-10-12(9-20-21-10)8-19-14(22)7-13(15(16,17)18)11-5-3-2-4-6-11/h2-6,9,13H,7-8H2,1H3,(H,19,22)(H,20,21)/t13-/m1/s1. The molecular weight excluding hydrogens is 295 g/mol. The molecule has 0 spiro atoms. The van der Waals surface area contributed by atoms with Crippen LogP contribution in [0.25, 0.3) is 0 Å². The third-order valence-corrected chi connectivity index (χ3v) is 3.40. The SMILES string of the molecule is Cc1[nH]ncc1CNC(=O)C[C@H](c1ccccc1)C(F)(F)F. The summed E-state index contributed by atoms with van der Waals surface area (Å²) in [5, 5.41) is 8.99. The van der Waals surface area contributed by atoms with Gasteiger partial charge in [-0.15, -0.1) is 0 Å². The molecule has 0 saturated heterocycles. The lowest BCUT2D eigenvalue weighted by atomic mass is 9.95. The minimum atomic E-state index is -4.47. The average Bonchev–Trinajstić information content (AvgIpc) is 2.87. The third kappa shape index (κ3) is 4.09. The summed E-state index contributed by atoms with van der Waals surface area (Å²) in [7, 11) is 0. The van der Waals surface area contributed by atoms with E-state index in [0.29, 0.717) is 0 Å². The van der Waals surface area contributed by atoms with Crippen LogP contribution in [0.15, 0.2) is 36.5 Å². The number of amides is 1. The van der Waals surface area contributed by atoms with E-state index in [1.807, 2.05) is 0 Å². The second-order valence-electron chi connectivity index (χ2n) is 5.01. The van der Waals surface area contributed by atoms with Gasteiger partial charge in [-0.2, -0.15) is 18.3 Å². The molecule has 0 saturated carbocycles. The van der Waals surface area contributed by atoms with Gasteiger partial charge in [-0.25, -0.2) is 0 Å². The number of nitrogens with one attached hydrogen (secondary N) is 2. The zero-order valence-corrected chi connectivity index (χ0v) is 11.9. The topological polar surface area (TPSA) is 57.8 Å². The molecule has 0 fully saturated rings. The van der Waals surface area contributed by atoms with Gasteiger partial charge in [0.15, 0.2) is 0 Å². The number of aryl methyl sites for hydroxylation is 1. The summed E-state index contributed by atoms with van der Waals surface area (Å²) in [4.78, 5) is 11.8. The first-order valence-corrected chi connectivity index (χ1v) is 6.75. The molecule has 2 N–H and O–H groups in total. The highest BCUT2D eigenvalue weighted by Gasteiger charge is 2.41. The van der Waals surface area contributed by atoms with Gasteiger partial charge in [0.05, 0.1) is 12.1 Å². The molecule has 1 atom stereocenters. The Morgan fingerprint density at radius 3 is 2.55 bits per heavy atom. The maximum atomic E-state index is 13.1. The van der Waals surface area contributed by atoms with Crippen LogP contribution in [0, 0.1) is 6.92 Å². The number of aromatic nitrogens is 2. The zero-order chi connectivity index (χ0) is 16.2. The molecule has 7 heteroatoms. The maximum absolute atomic E-state index is 13.1. The molecule has 22 heavy (non-hydrogen) atoms. The minimum Gasteiger partial charge on any atom is -0.352 e. The van der Waals surface area contributed by atoms with Crippen LogP contribution in [0.3, 0.4) is 0 Å². The number of hydrogen-bond acceptors (Lipinski definition) is 2. The van der Waals surface area contributed by atoms with Crippen LogP contribution in [0.2, 0.25) is 0 Å². The molecule has 0 aliphatic rings. The fourth-order valence-corrected chi connectivity index (χ4v) is 2.11. The van der Waals surface area contributed by atoms with E-state index in [1.54, 1.807) is 13.0 Å². The first-order chi connectivity index (χ1) is 10.4. The second kappa shape index (κ2) is 6.64. The van der Waals surface area contributed by atoms with Crippen molar-refractivity contribution in [3.63, 3.8) is 0 Å². The highest BCUT2D eigenvalue weighted by Crippen LogP contribution is 2.37. The molecule has 4 nitrogen and oxygen atoms in total. The molecule has 0 radical (unpaired) electrons. The van der Waals surface area contributed by atoms with E-state index >= 15 is 0 Å². The smallest absolute Gasteiger partial charge is 0.352 e. The van der Waals surface area contributed by atoms with Crippen molar-refractivity contribution in [3.05, 3.63) is 53.3 Å². The number of hydrogen-bond donors (Lipinski definition) is 2. The van der Waals surface area contributed by atoms with Crippen molar-refractivity contribution in [2.75, 3.05) is 0 Å².